The van der Waals surface area contributed by atoms with Gasteiger partial charge in [-0.25, -0.2) is 4.98 Å². The fourth-order valence-electron chi connectivity index (χ4n) is 5.26. The number of imidazole rings is 1. The highest BCUT2D eigenvalue weighted by atomic mass is 16.6. The number of carbonyl (C=O) groups excluding carboxylic acids is 1. The molecule has 3 aromatic rings. The fraction of sp³-hybridized carbons (Fsp3) is 0.500. The molecule has 0 amide bonds. The predicted molar refractivity (Wildman–Crippen MR) is 137 cm³/mol. The van der Waals surface area contributed by atoms with Crippen LogP contribution in [0.2, 0.25) is 0 Å². The van der Waals surface area contributed by atoms with E-state index in [-0.39, 0.29) is 22.8 Å². The number of hydrogen-bond donors (Lipinski definition) is 1. The molecule has 182 valence electrons. The predicted octanol–water partition coefficient (Wildman–Crippen LogP) is 6.73. The van der Waals surface area contributed by atoms with Gasteiger partial charge in [-0.3, -0.25) is 9.20 Å². The van der Waals surface area contributed by atoms with Crippen LogP contribution in [0.15, 0.2) is 42.6 Å². The summed E-state index contributed by atoms with van der Waals surface area (Å²) in [7, 11) is 1.60. The van der Waals surface area contributed by atoms with Crippen molar-refractivity contribution in [1.29, 1.82) is 0 Å². The summed E-state index contributed by atoms with van der Waals surface area (Å²) in [6.45, 7) is 11.2. The average Bonchev–Trinajstić information content (AvgIpc) is 3.41. The van der Waals surface area contributed by atoms with E-state index in [9.17, 15) is 4.79 Å². The van der Waals surface area contributed by atoms with E-state index in [1.165, 1.54) is 0 Å². The summed E-state index contributed by atoms with van der Waals surface area (Å²) < 4.78 is 13.4. The molecule has 2 aromatic heterocycles. The first-order chi connectivity index (χ1) is 16.1. The molecular formula is C28H37N3O3. The third-order valence-electron chi connectivity index (χ3n) is 6.30. The van der Waals surface area contributed by atoms with Gasteiger partial charge in [0.2, 0.25) is 0 Å². The van der Waals surface area contributed by atoms with E-state index < -0.39 is 0 Å². The van der Waals surface area contributed by atoms with E-state index >= 15 is 0 Å². The Kier molecular flexibility index (Phi) is 6.61. The zero-order chi connectivity index (χ0) is 24.5. The second-order valence-electron chi connectivity index (χ2n) is 11.3. The lowest BCUT2D eigenvalue weighted by Crippen LogP contribution is -2.36. The maximum atomic E-state index is 12.6. The number of ether oxygens (including phenoxy) is 2. The maximum Gasteiger partial charge on any atom is 0.314 e. The summed E-state index contributed by atoms with van der Waals surface area (Å²) in [5.41, 5.74) is 2.61. The number of carbonyl (C=O) groups is 1. The highest BCUT2D eigenvalue weighted by molar-refractivity contribution is 5.80. The zero-order valence-electron chi connectivity index (χ0n) is 21.3. The summed E-state index contributed by atoms with van der Waals surface area (Å²) >= 11 is 0. The summed E-state index contributed by atoms with van der Waals surface area (Å²) in [5.74, 6) is 1.74. The van der Waals surface area contributed by atoms with Crippen molar-refractivity contribution in [3.8, 4) is 22.8 Å². The van der Waals surface area contributed by atoms with E-state index in [0.29, 0.717) is 11.5 Å². The van der Waals surface area contributed by atoms with Gasteiger partial charge in [0.25, 0.3) is 0 Å². The van der Waals surface area contributed by atoms with Crippen LogP contribution in [-0.2, 0) is 4.79 Å². The van der Waals surface area contributed by atoms with Gasteiger partial charge >= 0.3 is 5.97 Å². The summed E-state index contributed by atoms with van der Waals surface area (Å²) in [4.78, 5) is 17.5. The molecule has 1 N–H and O–H groups in total. The van der Waals surface area contributed by atoms with Gasteiger partial charge in [0, 0.05) is 17.3 Å². The molecule has 4 rings (SSSR count). The number of esters is 1. The van der Waals surface area contributed by atoms with Gasteiger partial charge in [0.15, 0.2) is 11.5 Å². The van der Waals surface area contributed by atoms with Crippen molar-refractivity contribution in [3.63, 3.8) is 0 Å². The number of fused-ring (bicyclic) bond motifs is 1. The smallest absolute Gasteiger partial charge is 0.314 e. The number of aromatic nitrogens is 2. The first-order valence-electron chi connectivity index (χ1n) is 12.2. The minimum absolute atomic E-state index is 0.0105. The summed E-state index contributed by atoms with van der Waals surface area (Å²) in [5, 5.41) is 3.76. The highest BCUT2D eigenvalue weighted by Crippen LogP contribution is 2.39. The molecule has 1 aliphatic carbocycles. The van der Waals surface area contributed by atoms with Crippen LogP contribution < -0.4 is 14.8 Å². The molecule has 0 atom stereocenters. The molecule has 2 heterocycles. The van der Waals surface area contributed by atoms with Crippen LogP contribution in [0.5, 0.6) is 11.5 Å². The molecule has 0 saturated heterocycles. The highest BCUT2D eigenvalue weighted by Gasteiger charge is 2.29. The van der Waals surface area contributed by atoms with E-state index in [4.69, 9.17) is 14.5 Å². The number of rotatable bonds is 7. The number of nitrogens with one attached hydrogen (secondary N) is 1. The van der Waals surface area contributed by atoms with Crippen molar-refractivity contribution in [2.24, 2.45) is 11.3 Å². The van der Waals surface area contributed by atoms with Crippen LogP contribution in [-0.4, -0.2) is 28.0 Å². The molecule has 1 saturated carbocycles. The van der Waals surface area contributed by atoms with E-state index in [1.54, 1.807) is 7.11 Å². The Hall–Kier alpha value is -3.02. The van der Waals surface area contributed by atoms with E-state index in [0.717, 1.165) is 54.8 Å². The van der Waals surface area contributed by atoms with Gasteiger partial charge in [-0.1, -0.05) is 39.7 Å². The Bertz CT molecular complexity index is 1170. The quantitative estimate of drug-likeness (QED) is 0.311. The van der Waals surface area contributed by atoms with Gasteiger partial charge < -0.3 is 14.8 Å². The number of hydrogen-bond acceptors (Lipinski definition) is 5. The van der Waals surface area contributed by atoms with Crippen LogP contribution in [0.25, 0.3) is 16.9 Å². The molecule has 0 unspecified atom stereocenters. The largest absolute Gasteiger partial charge is 0.493 e. The molecule has 1 fully saturated rings. The normalized spacial score (nSPS) is 15.0. The molecular weight excluding hydrogens is 426 g/mol. The topological polar surface area (TPSA) is 64.9 Å². The maximum absolute atomic E-state index is 12.6. The van der Waals surface area contributed by atoms with Crippen molar-refractivity contribution in [3.05, 3.63) is 42.6 Å². The molecule has 6 heteroatoms. The van der Waals surface area contributed by atoms with E-state index in [2.05, 4.69) is 44.3 Å². The second kappa shape index (κ2) is 9.32. The lowest BCUT2D eigenvalue weighted by atomic mass is 9.82. The molecule has 34 heavy (non-hydrogen) atoms. The number of benzene rings is 1. The Morgan fingerprint density at radius 1 is 1.09 bits per heavy atom. The Morgan fingerprint density at radius 3 is 2.50 bits per heavy atom. The monoisotopic (exact) mass is 463 g/mol. The minimum Gasteiger partial charge on any atom is -0.493 e. The van der Waals surface area contributed by atoms with Crippen LogP contribution >= 0.6 is 0 Å². The Morgan fingerprint density at radius 2 is 1.82 bits per heavy atom. The van der Waals surface area contributed by atoms with Crippen molar-refractivity contribution < 1.29 is 14.3 Å². The van der Waals surface area contributed by atoms with Crippen LogP contribution in [0.1, 0.15) is 66.7 Å². The molecule has 0 bridgehead atoms. The number of nitrogens with zero attached hydrogens (tertiary/aromatic N) is 2. The number of pyridine rings is 1. The lowest BCUT2D eigenvalue weighted by molar-refractivity contribution is -0.138. The zero-order valence-corrected chi connectivity index (χ0v) is 21.3. The van der Waals surface area contributed by atoms with Crippen molar-refractivity contribution in [2.75, 3.05) is 12.4 Å². The first-order valence-corrected chi connectivity index (χ1v) is 12.2. The van der Waals surface area contributed by atoms with Crippen molar-refractivity contribution >= 4 is 17.4 Å². The standard InChI is InChI=1S/C28H37N3O3/c1-27(2,3)18-28(4,5)30-25-24(29-23-13-9-10-16-31(23)25)20-14-15-21(22(17-20)33-6)34-26(32)19-11-7-8-12-19/h9-10,13-17,19,30H,7-8,11-12,18H2,1-6H3. The number of methoxy groups -OCH3 is 1. The molecule has 1 aromatic carbocycles. The summed E-state index contributed by atoms with van der Waals surface area (Å²) in [6.07, 6.45) is 6.99. The van der Waals surface area contributed by atoms with Gasteiger partial charge in [0.05, 0.1) is 13.0 Å². The second-order valence-corrected chi connectivity index (χ2v) is 11.3. The molecule has 6 nitrogen and oxygen atoms in total. The van der Waals surface area contributed by atoms with Crippen LogP contribution in [0.3, 0.4) is 0 Å². The number of anilines is 1. The fourth-order valence-corrected chi connectivity index (χ4v) is 5.26. The average molecular weight is 464 g/mol. The molecule has 0 spiro atoms. The summed E-state index contributed by atoms with van der Waals surface area (Å²) in [6, 6.07) is 11.7. The van der Waals surface area contributed by atoms with Gasteiger partial charge in [-0.2, -0.15) is 0 Å². The SMILES string of the molecule is COc1cc(-c2nc3ccccn3c2NC(C)(C)CC(C)(C)C)ccc1OC(=O)C1CCCC1. The van der Waals surface area contributed by atoms with Crippen molar-refractivity contribution in [1.82, 2.24) is 9.38 Å². The third-order valence-corrected chi connectivity index (χ3v) is 6.30. The molecule has 0 aliphatic heterocycles. The van der Waals surface area contributed by atoms with Crippen LogP contribution in [0.4, 0.5) is 5.82 Å². The van der Waals surface area contributed by atoms with E-state index in [1.807, 2.05) is 42.6 Å². The van der Waals surface area contributed by atoms with Crippen LogP contribution in [0, 0.1) is 11.3 Å². The first kappa shape index (κ1) is 24.1. The third kappa shape index (κ3) is 5.37. The van der Waals surface area contributed by atoms with Gasteiger partial charge in [-0.15, -0.1) is 0 Å². The molecule has 0 radical (unpaired) electrons. The Labute approximate surface area is 202 Å². The van der Waals surface area contributed by atoms with Gasteiger partial charge in [0.1, 0.15) is 17.2 Å². The van der Waals surface area contributed by atoms with Gasteiger partial charge in [-0.05, 0) is 68.9 Å². The Balaban J connectivity index is 1.70. The minimum atomic E-state index is -0.164. The molecule has 1 aliphatic rings. The lowest BCUT2D eigenvalue weighted by Gasteiger charge is -2.34. The van der Waals surface area contributed by atoms with Crippen molar-refractivity contribution in [2.45, 2.75) is 72.3 Å².